The molecule has 1 atom stereocenters. The molecule has 0 aliphatic carbocycles. The Morgan fingerprint density at radius 2 is 2.19 bits per heavy atom. The number of piperazine rings is 1. The van der Waals surface area contributed by atoms with E-state index in [-0.39, 0.29) is 5.91 Å². The fourth-order valence-electron chi connectivity index (χ4n) is 1.66. The van der Waals surface area contributed by atoms with Crippen LogP contribution >= 0.6 is 27.3 Å². The fraction of sp³-hybridized carbons (Fsp3) is 0.500. The molecule has 1 saturated heterocycles. The summed E-state index contributed by atoms with van der Waals surface area (Å²) in [5.74, 6) is -0.198. The van der Waals surface area contributed by atoms with Gasteiger partial charge in [-0.2, -0.15) is 0 Å². The molecule has 2 rings (SSSR count). The van der Waals surface area contributed by atoms with Crippen LogP contribution in [-0.2, 0) is 4.79 Å². The van der Waals surface area contributed by atoms with Crippen molar-refractivity contribution in [1.82, 2.24) is 10.2 Å². The molecule has 16 heavy (non-hydrogen) atoms. The van der Waals surface area contributed by atoms with E-state index in [9.17, 15) is 9.90 Å². The van der Waals surface area contributed by atoms with Crippen LogP contribution in [0.4, 0.5) is 0 Å². The van der Waals surface area contributed by atoms with Crippen LogP contribution in [0.3, 0.4) is 0 Å². The summed E-state index contributed by atoms with van der Waals surface area (Å²) in [4.78, 5) is 14.3. The number of carbonyl (C=O) groups excluding carboxylic acids is 1. The van der Waals surface area contributed by atoms with Crippen molar-refractivity contribution in [2.45, 2.75) is 6.10 Å². The molecule has 0 spiro atoms. The zero-order valence-corrected chi connectivity index (χ0v) is 11.1. The van der Waals surface area contributed by atoms with Gasteiger partial charge in [0.05, 0.1) is 3.79 Å². The van der Waals surface area contributed by atoms with Gasteiger partial charge in [0, 0.05) is 31.1 Å². The van der Waals surface area contributed by atoms with E-state index in [1.54, 1.807) is 11.0 Å². The number of carbonyl (C=O) groups is 1. The van der Waals surface area contributed by atoms with E-state index >= 15 is 0 Å². The van der Waals surface area contributed by atoms with Crippen LogP contribution < -0.4 is 5.32 Å². The van der Waals surface area contributed by atoms with E-state index < -0.39 is 6.10 Å². The molecule has 1 aromatic heterocycles. The van der Waals surface area contributed by atoms with Gasteiger partial charge < -0.3 is 15.3 Å². The third-order valence-corrected chi connectivity index (χ3v) is 4.20. The number of aliphatic hydroxyl groups excluding tert-OH is 1. The van der Waals surface area contributed by atoms with Crippen molar-refractivity contribution in [3.63, 3.8) is 0 Å². The first-order valence-electron chi connectivity index (χ1n) is 5.11. The first-order valence-corrected chi connectivity index (χ1v) is 6.72. The molecule has 1 amide bonds. The summed E-state index contributed by atoms with van der Waals surface area (Å²) >= 11 is 4.71. The highest BCUT2D eigenvalue weighted by Gasteiger charge is 2.25. The fourth-order valence-corrected chi connectivity index (χ4v) is 3.06. The third-order valence-electron chi connectivity index (χ3n) is 2.53. The number of amides is 1. The molecule has 1 aliphatic rings. The SMILES string of the molecule is O=C(C(O)c1ccc(Br)s1)N1CCNCC1. The Labute approximate surface area is 106 Å². The molecule has 1 fully saturated rings. The lowest BCUT2D eigenvalue weighted by Gasteiger charge is -2.28. The maximum atomic E-state index is 11.9. The Morgan fingerprint density at radius 1 is 1.50 bits per heavy atom. The Kier molecular flexibility index (Phi) is 3.96. The lowest BCUT2D eigenvalue weighted by Crippen LogP contribution is -2.47. The predicted octanol–water partition coefficient (Wildman–Crippen LogP) is 0.976. The Balaban J connectivity index is 2.03. The monoisotopic (exact) mass is 304 g/mol. The zero-order valence-electron chi connectivity index (χ0n) is 8.65. The minimum atomic E-state index is -1.02. The summed E-state index contributed by atoms with van der Waals surface area (Å²) in [5, 5.41) is 13.1. The molecule has 1 aromatic rings. The molecule has 88 valence electrons. The molecule has 6 heteroatoms. The van der Waals surface area contributed by atoms with Gasteiger partial charge in [-0.15, -0.1) is 11.3 Å². The molecule has 1 unspecified atom stereocenters. The zero-order chi connectivity index (χ0) is 11.5. The summed E-state index contributed by atoms with van der Waals surface area (Å²) in [6, 6.07) is 3.62. The molecule has 0 radical (unpaired) electrons. The normalized spacial score (nSPS) is 18.5. The molecule has 2 heterocycles. The second-order valence-corrected chi connectivity index (χ2v) is 6.11. The summed E-state index contributed by atoms with van der Waals surface area (Å²) in [7, 11) is 0. The highest BCUT2D eigenvalue weighted by molar-refractivity contribution is 9.11. The molecular formula is C10H13BrN2O2S. The Bertz CT molecular complexity index is 377. The summed E-state index contributed by atoms with van der Waals surface area (Å²) in [6.45, 7) is 2.93. The van der Waals surface area contributed by atoms with E-state index in [0.717, 1.165) is 16.9 Å². The number of nitrogens with one attached hydrogen (secondary N) is 1. The smallest absolute Gasteiger partial charge is 0.256 e. The van der Waals surface area contributed by atoms with Gasteiger partial charge in [0.25, 0.3) is 5.91 Å². The lowest BCUT2D eigenvalue weighted by molar-refractivity contribution is -0.140. The molecular weight excluding hydrogens is 292 g/mol. The van der Waals surface area contributed by atoms with E-state index in [2.05, 4.69) is 21.2 Å². The van der Waals surface area contributed by atoms with Crippen molar-refractivity contribution < 1.29 is 9.90 Å². The van der Waals surface area contributed by atoms with Crippen LogP contribution in [0.2, 0.25) is 0 Å². The number of halogens is 1. The van der Waals surface area contributed by atoms with Gasteiger partial charge in [-0.1, -0.05) is 0 Å². The number of rotatable bonds is 2. The average Bonchev–Trinajstić information content (AvgIpc) is 2.75. The van der Waals surface area contributed by atoms with E-state index in [1.165, 1.54) is 11.3 Å². The number of hydrogen-bond acceptors (Lipinski definition) is 4. The third kappa shape index (κ3) is 2.63. The van der Waals surface area contributed by atoms with Gasteiger partial charge in [0.15, 0.2) is 6.10 Å². The van der Waals surface area contributed by atoms with E-state index in [1.807, 2.05) is 6.07 Å². The lowest BCUT2D eigenvalue weighted by atomic mass is 10.2. The Hall–Kier alpha value is -0.430. The second kappa shape index (κ2) is 5.27. The standard InChI is InChI=1S/C10H13BrN2O2S/c11-8-2-1-7(16-8)9(14)10(15)13-5-3-12-4-6-13/h1-2,9,12,14H,3-6H2. The number of nitrogens with zero attached hydrogens (tertiary/aromatic N) is 1. The highest BCUT2D eigenvalue weighted by atomic mass is 79.9. The molecule has 2 N–H and O–H groups in total. The Morgan fingerprint density at radius 3 is 2.75 bits per heavy atom. The molecule has 1 aliphatic heterocycles. The maximum Gasteiger partial charge on any atom is 0.256 e. The van der Waals surface area contributed by atoms with Crippen molar-refractivity contribution in [3.05, 3.63) is 20.8 Å². The van der Waals surface area contributed by atoms with Crippen molar-refractivity contribution in [3.8, 4) is 0 Å². The van der Waals surface area contributed by atoms with Crippen LogP contribution in [0.5, 0.6) is 0 Å². The number of hydrogen-bond donors (Lipinski definition) is 2. The van der Waals surface area contributed by atoms with Gasteiger partial charge in [0.2, 0.25) is 0 Å². The average molecular weight is 305 g/mol. The van der Waals surface area contributed by atoms with E-state index in [4.69, 9.17) is 0 Å². The number of aliphatic hydroxyl groups is 1. The second-order valence-electron chi connectivity index (χ2n) is 3.62. The van der Waals surface area contributed by atoms with Crippen molar-refractivity contribution in [1.29, 1.82) is 0 Å². The summed E-state index contributed by atoms with van der Waals surface area (Å²) in [5.41, 5.74) is 0. The van der Waals surface area contributed by atoms with Gasteiger partial charge in [-0.3, -0.25) is 4.79 Å². The van der Waals surface area contributed by atoms with Crippen LogP contribution in [-0.4, -0.2) is 42.1 Å². The largest absolute Gasteiger partial charge is 0.378 e. The van der Waals surface area contributed by atoms with Crippen molar-refractivity contribution >= 4 is 33.2 Å². The van der Waals surface area contributed by atoms with Crippen LogP contribution in [0, 0.1) is 0 Å². The van der Waals surface area contributed by atoms with Crippen LogP contribution in [0.15, 0.2) is 15.9 Å². The molecule has 4 nitrogen and oxygen atoms in total. The summed E-state index contributed by atoms with van der Waals surface area (Å²) < 4.78 is 0.926. The van der Waals surface area contributed by atoms with Gasteiger partial charge in [-0.05, 0) is 28.1 Å². The van der Waals surface area contributed by atoms with Crippen LogP contribution in [0.25, 0.3) is 0 Å². The molecule has 0 saturated carbocycles. The van der Waals surface area contributed by atoms with Crippen LogP contribution in [0.1, 0.15) is 11.0 Å². The maximum absolute atomic E-state index is 11.9. The minimum absolute atomic E-state index is 0.198. The van der Waals surface area contributed by atoms with Crippen molar-refractivity contribution in [2.75, 3.05) is 26.2 Å². The first-order chi connectivity index (χ1) is 7.68. The minimum Gasteiger partial charge on any atom is -0.378 e. The van der Waals surface area contributed by atoms with Crippen molar-refractivity contribution in [2.24, 2.45) is 0 Å². The quantitative estimate of drug-likeness (QED) is 0.856. The number of thiophene rings is 1. The summed E-state index contributed by atoms with van der Waals surface area (Å²) in [6.07, 6.45) is -1.02. The molecule has 0 bridgehead atoms. The van der Waals surface area contributed by atoms with Gasteiger partial charge in [0.1, 0.15) is 0 Å². The van der Waals surface area contributed by atoms with Gasteiger partial charge >= 0.3 is 0 Å². The molecule has 0 aromatic carbocycles. The van der Waals surface area contributed by atoms with Gasteiger partial charge in [-0.25, -0.2) is 0 Å². The highest BCUT2D eigenvalue weighted by Crippen LogP contribution is 2.28. The predicted molar refractivity (Wildman–Crippen MR) is 66.4 cm³/mol. The van der Waals surface area contributed by atoms with E-state index in [0.29, 0.717) is 18.0 Å². The first kappa shape index (κ1) is 12.0. The topological polar surface area (TPSA) is 52.6 Å².